The van der Waals surface area contributed by atoms with Gasteiger partial charge in [0.25, 0.3) is 10.0 Å². The molecule has 7 heteroatoms. The van der Waals surface area contributed by atoms with Crippen molar-refractivity contribution in [3.8, 4) is 11.5 Å². The van der Waals surface area contributed by atoms with Gasteiger partial charge in [-0.2, -0.15) is 0 Å². The lowest BCUT2D eigenvalue weighted by molar-refractivity contribution is -0.125. The van der Waals surface area contributed by atoms with E-state index in [1.807, 2.05) is 19.1 Å². The van der Waals surface area contributed by atoms with Crippen molar-refractivity contribution in [1.82, 2.24) is 4.72 Å². The Labute approximate surface area is 187 Å². The van der Waals surface area contributed by atoms with Crippen molar-refractivity contribution in [2.45, 2.75) is 36.5 Å². The standard InChI is InChI=1S/C24H22ClNO4S/c1-2-24(16-15-18-19(24)11-8-12-20(18)25)23(27)26-31(28,29)22-14-7-6-13-21(22)30-17-9-4-3-5-10-17/h3-14H,2,15-16H2,1H3,(H,26,27). The molecule has 0 bridgehead atoms. The number of ether oxygens (including phenoxy) is 1. The molecule has 0 saturated carbocycles. The first-order valence-electron chi connectivity index (χ1n) is 10.0. The number of halogens is 1. The first-order valence-corrected chi connectivity index (χ1v) is 11.9. The van der Waals surface area contributed by atoms with Crippen molar-refractivity contribution in [3.05, 3.63) is 88.9 Å². The van der Waals surface area contributed by atoms with Crippen molar-refractivity contribution in [2.24, 2.45) is 0 Å². The van der Waals surface area contributed by atoms with Crippen LogP contribution in [0.2, 0.25) is 5.02 Å². The van der Waals surface area contributed by atoms with Crippen LogP contribution in [0.4, 0.5) is 0 Å². The molecule has 0 aromatic heterocycles. The molecular weight excluding hydrogens is 434 g/mol. The summed E-state index contributed by atoms with van der Waals surface area (Å²) in [6.45, 7) is 1.88. The van der Waals surface area contributed by atoms with Crippen LogP contribution in [0, 0.1) is 0 Å². The van der Waals surface area contributed by atoms with Gasteiger partial charge in [0.2, 0.25) is 5.91 Å². The first-order chi connectivity index (χ1) is 14.9. The Balaban J connectivity index is 1.66. The third-order valence-electron chi connectivity index (χ3n) is 5.81. The highest BCUT2D eigenvalue weighted by molar-refractivity contribution is 7.90. The van der Waals surface area contributed by atoms with Gasteiger partial charge >= 0.3 is 0 Å². The Kier molecular flexibility index (Phi) is 5.77. The second kappa shape index (κ2) is 8.36. The lowest BCUT2D eigenvalue weighted by Crippen LogP contribution is -2.45. The molecule has 1 atom stereocenters. The summed E-state index contributed by atoms with van der Waals surface area (Å²) in [7, 11) is -4.17. The molecule has 5 nitrogen and oxygen atoms in total. The summed E-state index contributed by atoms with van der Waals surface area (Å²) in [5.74, 6) is 0.0980. The molecule has 0 radical (unpaired) electrons. The number of hydrogen-bond acceptors (Lipinski definition) is 4. The number of rotatable bonds is 6. The van der Waals surface area contributed by atoms with E-state index < -0.39 is 21.3 Å². The Bertz CT molecular complexity index is 1230. The number of sulfonamides is 1. The van der Waals surface area contributed by atoms with E-state index in [9.17, 15) is 13.2 Å². The second-order valence-corrected chi connectivity index (χ2v) is 9.56. The summed E-state index contributed by atoms with van der Waals surface area (Å²) in [5.41, 5.74) is 0.762. The maximum absolute atomic E-state index is 13.4. The van der Waals surface area contributed by atoms with Gasteiger partial charge in [0, 0.05) is 5.02 Å². The van der Waals surface area contributed by atoms with Gasteiger partial charge < -0.3 is 4.74 Å². The van der Waals surface area contributed by atoms with E-state index in [1.165, 1.54) is 6.07 Å². The SMILES string of the molecule is CCC1(C(=O)NS(=O)(=O)c2ccccc2Oc2ccccc2)CCc2c(Cl)cccc21. The molecule has 160 valence electrons. The molecule has 0 saturated heterocycles. The highest BCUT2D eigenvalue weighted by Crippen LogP contribution is 2.44. The van der Waals surface area contributed by atoms with E-state index in [1.54, 1.807) is 54.6 Å². The largest absolute Gasteiger partial charge is 0.456 e. The Hall–Kier alpha value is -2.83. The second-order valence-electron chi connectivity index (χ2n) is 7.50. The van der Waals surface area contributed by atoms with Crippen LogP contribution in [0.3, 0.4) is 0 Å². The summed E-state index contributed by atoms with van der Waals surface area (Å²) >= 11 is 6.32. The van der Waals surface area contributed by atoms with E-state index in [4.69, 9.17) is 16.3 Å². The molecule has 0 aliphatic heterocycles. The third-order valence-corrected chi connectivity index (χ3v) is 7.54. The van der Waals surface area contributed by atoms with Crippen LogP contribution in [0.1, 0.15) is 30.9 Å². The molecule has 0 fully saturated rings. The molecule has 3 aromatic rings. The van der Waals surface area contributed by atoms with Gasteiger partial charge in [0.15, 0.2) is 0 Å². The number of fused-ring (bicyclic) bond motifs is 1. The minimum atomic E-state index is -4.17. The van der Waals surface area contributed by atoms with Crippen LogP contribution in [0.5, 0.6) is 11.5 Å². The number of carbonyl (C=O) groups excluding carboxylic acids is 1. The zero-order valence-electron chi connectivity index (χ0n) is 17.0. The molecule has 0 heterocycles. The number of amides is 1. The molecule has 1 amide bonds. The highest BCUT2D eigenvalue weighted by Gasteiger charge is 2.46. The van der Waals surface area contributed by atoms with Crippen LogP contribution < -0.4 is 9.46 Å². The maximum Gasteiger partial charge on any atom is 0.267 e. The van der Waals surface area contributed by atoms with E-state index >= 15 is 0 Å². The predicted octanol–water partition coefficient (Wildman–Crippen LogP) is 5.23. The smallest absolute Gasteiger partial charge is 0.267 e. The van der Waals surface area contributed by atoms with Crippen molar-refractivity contribution >= 4 is 27.5 Å². The topological polar surface area (TPSA) is 72.5 Å². The molecular formula is C24H22ClNO4S. The molecule has 1 aliphatic rings. The van der Waals surface area contributed by atoms with Crippen LogP contribution in [-0.2, 0) is 26.7 Å². The average Bonchev–Trinajstić information content (AvgIpc) is 3.16. The zero-order valence-corrected chi connectivity index (χ0v) is 18.5. The van der Waals surface area contributed by atoms with Crippen LogP contribution in [0.25, 0.3) is 0 Å². The fourth-order valence-corrected chi connectivity index (χ4v) is 5.60. The first kappa shape index (κ1) is 21.4. The summed E-state index contributed by atoms with van der Waals surface area (Å²) in [4.78, 5) is 13.3. The summed E-state index contributed by atoms with van der Waals surface area (Å²) < 4.78 is 34.5. The summed E-state index contributed by atoms with van der Waals surface area (Å²) in [5, 5.41) is 0.602. The normalized spacial score (nSPS) is 17.7. The third kappa shape index (κ3) is 3.93. The van der Waals surface area contributed by atoms with Crippen molar-refractivity contribution in [3.63, 3.8) is 0 Å². The van der Waals surface area contributed by atoms with Gasteiger partial charge in [-0.3, -0.25) is 4.79 Å². The van der Waals surface area contributed by atoms with E-state index in [-0.39, 0.29) is 10.6 Å². The lowest BCUT2D eigenvalue weighted by atomic mass is 9.79. The van der Waals surface area contributed by atoms with E-state index in [0.717, 1.165) is 11.1 Å². The Morgan fingerprint density at radius 2 is 1.74 bits per heavy atom. The van der Waals surface area contributed by atoms with Crippen LogP contribution in [-0.4, -0.2) is 14.3 Å². The number of nitrogens with one attached hydrogen (secondary N) is 1. The van der Waals surface area contributed by atoms with Gasteiger partial charge in [0.05, 0.1) is 5.41 Å². The molecule has 1 unspecified atom stereocenters. The van der Waals surface area contributed by atoms with Gasteiger partial charge in [-0.05, 0) is 60.7 Å². The Morgan fingerprint density at radius 1 is 1.03 bits per heavy atom. The van der Waals surface area contributed by atoms with Crippen molar-refractivity contribution < 1.29 is 17.9 Å². The maximum atomic E-state index is 13.4. The predicted molar refractivity (Wildman–Crippen MR) is 120 cm³/mol. The monoisotopic (exact) mass is 455 g/mol. The van der Waals surface area contributed by atoms with E-state index in [2.05, 4.69) is 4.72 Å². The van der Waals surface area contributed by atoms with Crippen LogP contribution >= 0.6 is 11.6 Å². The van der Waals surface area contributed by atoms with Gasteiger partial charge in [-0.1, -0.05) is 61.0 Å². The summed E-state index contributed by atoms with van der Waals surface area (Å²) in [6, 6.07) is 20.6. The fourth-order valence-electron chi connectivity index (χ4n) is 4.14. The highest BCUT2D eigenvalue weighted by atomic mass is 35.5. The minimum absolute atomic E-state index is 0.0947. The quantitative estimate of drug-likeness (QED) is 0.552. The fraction of sp³-hybridized carbons (Fsp3) is 0.208. The molecule has 0 spiro atoms. The van der Waals surface area contributed by atoms with Gasteiger partial charge in [-0.15, -0.1) is 0 Å². The molecule has 31 heavy (non-hydrogen) atoms. The number of benzene rings is 3. The molecule has 1 N–H and O–H groups in total. The average molecular weight is 456 g/mol. The lowest BCUT2D eigenvalue weighted by Gasteiger charge is -2.28. The Morgan fingerprint density at radius 3 is 2.48 bits per heavy atom. The molecule has 3 aromatic carbocycles. The summed E-state index contributed by atoms with van der Waals surface area (Å²) in [6.07, 6.45) is 1.60. The minimum Gasteiger partial charge on any atom is -0.456 e. The van der Waals surface area contributed by atoms with Crippen LogP contribution in [0.15, 0.2) is 77.7 Å². The van der Waals surface area contributed by atoms with Crippen molar-refractivity contribution in [1.29, 1.82) is 0 Å². The number of para-hydroxylation sites is 2. The van der Waals surface area contributed by atoms with E-state index in [0.29, 0.717) is 30.0 Å². The molecule has 1 aliphatic carbocycles. The zero-order chi connectivity index (χ0) is 22.1. The number of hydrogen-bond donors (Lipinski definition) is 1. The van der Waals surface area contributed by atoms with Gasteiger partial charge in [0.1, 0.15) is 16.4 Å². The number of carbonyl (C=O) groups is 1. The van der Waals surface area contributed by atoms with Gasteiger partial charge in [-0.25, -0.2) is 13.1 Å². The van der Waals surface area contributed by atoms with Crippen molar-refractivity contribution in [2.75, 3.05) is 0 Å². The molecule has 4 rings (SSSR count).